The summed E-state index contributed by atoms with van der Waals surface area (Å²) >= 11 is 1.47. The van der Waals surface area contributed by atoms with Crippen molar-refractivity contribution in [3.63, 3.8) is 0 Å². The minimum atomic E-state index is -0.267. The van der Waals surface area contributed by atoms with Gasteiger partial charge in [-0.2, -0.15) is 0 Å². The Labute approximate surface area is 90.9 Å². The molecule has 0 radical (unpaired) electrons. The number of hydrogen-bond donors (Lipinski definition) is 1. The van der Waals surface area contributed by atoms with Crippen molar-refractivity contribution in [3.8, 4) is 0 Å². The molecule has 0 aliphatic heterocycles. The summed E-state index contributed by atoms with van der Waals surface area (Å²) in [5, 5.41) is 3.28. The molecular weight excluding hydrogens is 212 g/mol. The molecule has 0 unspecified atom stereocenters. The zero-order chi connectivity index (χ0) is 10.7. The van der Waals surface area contributed by atoms with Crippen molar-refractivity contribution in [3.05, 3.63) is 35.2 Å². The van der Waals surface area contributed by atoms with Gasteiger partial charge < -0.3 is 4.42 Å². The van der Waals surface area contributed by atoms with Gasteiger partial charge in [0.2, 0.25) is 0 Å². The molecule has 0 aromatic carbocycles. The number of aromatic nitrogens is 1. The predicted octanol–water partition coefficient (Wildman–Crippen LogP) is 2.55. The fraction of sp³-hybridized carbons (Fsp3) is 0.200. The molecule has 0 saturated heterocycles. The molecule has 78 valence electrons. The van der Waals surface area contributed by atoms with E-state index in [1.54, 1.807) is 18.3 Å². The van der Waals surface area contributed by atoms with Crippen LogP contribution in [0.15, 0.2) is 29.0 Å². The van der Waals surface area contributed by atoms with Crippen LogP contribution in [-0.2, 0) is 6.42 Å². The van der Waals surface area contributed by atoms with Gasteiger partial charge in [0.1, 0.15) is 0 Å². The molecule has 2 rings (SSSR count). The van der Waals surface area contributed by atoms with Gasteiger partial charge >= 0.3 is 0 Å². The number of anilines is 1. The lowest BCUT2D eigenvalue weighted by Crippen LogP contribution is -2.10. The van der Waals surface area contributed by atoms with Gasteiger partial charge in [-0.05, 0) is 18.6 Å². The lowest BCUT2D eigenvalue weighted by molar-refractivity contribution is 0.0996. The van der Waals surface area contributed by atoms with Gasteiger partial charge in [0, 0.05) is 11.1 Å². The Morgan fingerprint density at radius 2 is 2.53 bits per heavy atom. The molecule has 2 heterocycles. The number of thiazole rings is 1. The summed E-state index contributed by atoms with van der Waals surface area (Å²) in [7, 11) is 0. The van der Waals surface area contributed by atoms with Gasteiger partial charge in [-0.1, -0.05) is 6.92 Å². The van der Waals surface area contributed by atoms with Gasteiger partial charge in [0.15, 0.2) is 10.9 Å². The second kappa shape index (κ2) is 4.27. The maximum Gasteiger partial charge on any atom is 0.293 e. The van der Waals surface area contributed by atoms with Crippen LogP contribution in [-0.4, -0.2) is 10.9 Å². The first-order valence-electron chi connectivity index (χ1n) is 4.59. The van der Waals surface area contributed by atoms with Crippen molar-refractivity contribution in [1.82, 2.24) is 4.98 Å². The highest BCUT2D eigenvalue weighted by Crippen LogP contribution is 2.19. The first kappa shape index (κ1) is 9.92. The van der Waals surface area contributed by atoms with E-state index in [2.05, 4.69) is 10.3 Å². The Morgan fingerprint density at radius 1 is 1.67 bits per heavy atom. The summed E-state index contributed by atoms with van der Waals surface area (Å²) in [6.45, 7) is 2.05. The Balaban J connectivity index is 2.06. The van der Waals surface area contributed by atoms with Crippen LogP contribution in [0, 0.1) is 0 Å². The second-order valence-electron chi connectivity index (χ2n) is 2.92. The number of amides is 1. The fourth-order valence-electron chi connectivity index (χ4n) is 1.10. The molecule has 0 spiro atoms. The molecule has 0 aliphatic rings. The molecule has 1 N–H and O–H groups in total. The minimum absolute atomic E-state index is 0.267. The first-order valence-corrected chi connectivity index (χ1v) is 5.41. The average Bonchev–Trinajstić information content (AvgIpc) is 2.87. The van der Waals surface area contributed by atoms with E-state index >= 15 is 0 Å². The number of carbonyl (C=O) groups excluding carboxylic acids is 1. The monoisotopic (exact) mass is 222 g/mol. The zero-order valence-electron chi connectivity index (χ0n) is 8.19. The molecule has 15 heavy (non-hydrogen) atoms. The summed E-state index contributed by atoms with van der Waals surface area (Å²) in [5.74, 6) is 0.0280. The predicted molar refractivity (Wildman–Crippen MR) is 58.2 cm³/mol. The minimum Gasteiger partial charge on any atom is -0.459 e. The number of furan rings is 1. The number of nitrogens with one attached hydrogen (secondary N) is 1. The van der Waals surface area contributed by atoms with E-state index in [-0.39, 0.29) is 5.91 Å². The third-order valence-electron chi connectivity index (χ3n) is 1.87. The molecule has 0 atom stereocenters. The van der Waals surface area contributed by atoms with Crippen LogP contribution in [0.25, 0.3) is 0 Å². The number of rotatable bonds is 3. The van der Waals surface area contributed by atoms with Crippen molar-refractivity contribution in [2.24, 2.45) is 0 Å². The second-order valence-corrected chi connectivity index (χ2v) is 4.03. The quantitative estimate of drug-likeness (QED) is 0.868. The lowest BCUT2D eigenvalue weighted by Gasteiger charge is -1.96. The number of aryl methyl sites for hydroxylation is 1. The van der Waals surface area contributed by atoms with E-state index in [9.17, 15) is 4.79 Å². The van der Waals surface area contributed by atoms with Crippen LogP contribution < -0.4 is 5.32 Å². The van der Waals surface area contributed by atoms with E-state index in [4.69, 9.17) is 4.42 Å². The van der Waals surface area contributed by atoms with Crippen molar-refractivity contribution in [2.75, 3.05) is 5.32 Å². The molecule has 2 aromatic rings. The van der Waals surface area contributed by atoms with Crippen LogP contribution in [0.1, 0.15) is 22.4 Å². The van der Waals surface area contributed by atoms with E-state index in [1.165, 1.54) is 17.6 Å². The summed E-state index contributed by atoms with van der Waals surface area (Å²) in [6, 6.07) is 3.29. The average molecular weight is 222 g/mol. The summed E-state index contributed by atoms with van der Waals surface area (Å²) < 4.78 is 4.97. The van der Waals surface area contributed by atoms with Gasteiger partial charge in [-0.3, -0.25) is 10.1 Å². The highest BCUT2D eigenvalue weighted by atomic mass is 32.1. The van der Waals surface area contributed by atoms with E-state index in [0.29, 0.717) is 10.9 Å². The molecule has 0 fully saturated rings. The third-order valence-corrected chi connectivity index (χ3v) is 2.92. The maximum absolute atomic E-state index is 11.5. The van der Waals surface area contributed by atoms with Crippen molar-refractivity contribution in [1.29, 1.82) is 0 Å². The van der Waals surface area contributed by atoms with Crippen molar-refractivity contribution >= 4 is 22.4 Å². The van der Waals surface area contributed by atoms with Gasteiger partial charge in [0.05, 0.1) is 6.26 Å². The number of carbonyl (C=O) groups is 1. The molecular formula is C10H10N2O2S. The van der Waals surface area contributed by atoms with Crippen LogP contribution in [0.5, 0.6) is 0 Å². The summed E-state index contributed by atoms with van der Waals surface area (Å²) in [4.78, 5) is 16.8. The standard InChI is InChI=1S/C10H10N2O2S/c1-2-7-6-11-10(15-7)12-9(13)8-4-3-5-14-8/h3-6H,2H2,1H3,(H,11,12,13). The van der Waals surface area contributed by atoms with Crippen molar-refractivity contribution in [2.45, 2.75) is 13.3 Å². The van der Waals surface area contributed by atoms with E-state index < -0.39 is 0 Å². The third kappa shape index (κ3) is 2.24. The highest BCUT2D eigenvalue weighted by Gasteiger charge is 2.10. The Hall–Kier alpha value is -1.62. The molecule has 1 amide bonds. The molecule has 2 aromatic heterocycles. The number of nitrogens with zero attached hydrogens (tertiary/aromatic N) is 1. The fourth-order valence-corrected chi connectivity index (χ4v) is 1.84. The van der Waals surface area contributed by atoms with Gasteiger partial charge in [0.25, 0.3) is 5.91 Å². The SMILES string of the molecule is CCc1cnc(NC(=O)c2ccco2)s1. The zero-order valence-corrected chi connectivity index (χ0v) is 9.00. The van der Waals surface area contributed by atoms with Gasteiger partial charge in [-0.25, -0.2) is 4.98 Å². The Morgan fingerprint density at radius 3 is 3.13 bits per heavy atom. The van der Waals surface area contributed by atoms with Crippen LogP contribution >= 0.6 is 11.3 Å². The lowest BCUT2D eigenvalue weighted by atomic mass is 10.4. The Bertz CT molecular complexity index is 448. The molecule has 4 nitrogen and oxygen atoms in total. The smallest absolute Gasteiger partial charge is 0.293 e. The van der Waals surface area contributed by atoms with Crippen LogP contribution in [0.4, 0.5) is 5.13 Å². The maximum atomic E-state index is 11.5. The van der Waals surface area contributed by atoms with E-state index in [0.717, 1.165) is 11.3 Å². The normalized spacial score (nSPS) is 10.2. The highest BCUT2D eigenvalue weighted by molar-refractivity contribution is 7.15. The molecule has 5 heteroatoms. The van der Waals surface area contributed by atoms with Gasteiger partial charge in [-0.15, -0.1) is 11.3 Å². The molecule has 0 saturated carbocycles. The molecule has 0 aliphatic carbocycles. The molecule has 0 bridgehead atoms. The van der Waals surface area contributed by atoms with E-state index in [1.807, 2.05) is 6.92 Å². The number of hydrogen-bond acceptors (Lipinski definition) is 4. The van der Waals surface area contributed by atoms with Crippen LogP contribution in [0.3, 0.4) is 0 Å². The summed E-state index contributed by atoms with van der Waals surface area (Å²) in [6.07, 6.45) is 4.16. The summed E-state index contributed by atoms with van der Waals surface area (Å²) in [5.41, 5.74) is 0. The first-order chi connectivity index (χ1) is 7.29. The largest absolute Gasteiger partial charge is 0.459 e. The van der Waals surface area contributed by atoms with Crippen molar-refractivity contribution < 1.29 is 9.21 Å². The topological polar surface area (TPSA) is 55.1 Å². The van der Waals surface area contributed by atoms with Crippen LogP contribution in [0.2, 0.25) is 0 Å². The Kier molecular flexibility index (Phi) is 2.82.